The molecule has 1 heterocycles. The number of benzene rings is 2. The van der Waals surface area contributed by atoms with Gasteiger partial charge in [0.25, 0.3) is 5.91 Å². The molecule has 0 saturated carbocycles. The first-order chi connectivity index (χ1) is 11.6. The van der Waals surface area contributed by atoms with Gasteiger partial charge in [-0.2, -0.15) is 0 Å². The summed E-state index contributed by atoms with van der Waals surface area (Å²) < 4.78 is 10.2. The van der Waals surface area contributed by atoms with E-state index in [-0.39, 0.29) is 18.3 Å². The van der Waals surface area contributed by atoms with Gasteiger partial charge in [-0.15, -0.1) is 0 Å². The van der Waals surface area contributed by atoms with E-state index in [2.05, 4.69) is 15.6 Å². The molecule has 0 unspecified atom stereocenters. The van der Waals surface area contributed by atoms with Crippen LogP contribution in [0.15, 0.2) is 53.2 Å². The van der Waals surface area contributed by atoms with Gasteiger partial charge in [0.15, 0.2) is 12.3 Å². The van der Waals surface area contributed by atoms with Crippen molar-refractivity contribution in [1.29, 1.82) is 0 Å². The Balaban J connectivity index is 1.64. The molecule has 24 heavy (non-hydrogen) atoms. The molecule has 1 N–H and O–H groups in total. The molecule has 122 valence electrons. The number of nitrogens with zero attached hydrogens (tertiary/aromatic N) is 2. The Morgan fingerprint density at radius 1 is 1.08 bits per heavy atom. The lowest BCUT2D eigenvalue weighted by Gasteiger charge is -2.08. The molecule has 0 radical (unpaired) electrons. The number of ether oxygens (including phenoxy) is 1. The molecule has 6 nitrogen and oxygen atoms in total. The standard InChI is InChI=1S/C18H17N3O3/c1-12-8-9-15(10-13(12)2)23-11-16(22)19-18-17(20-24-21-18)14-6-4-3-5-7-14/h3-10H,11H2,1-2H3,(H,19,21,22). The third kappa shape index (κ3) is 3.60. The van der Waals surface area contributed by atoms with E-state index >= 15 is 0 Å². The normalized spacial score (nSPS) is 10.4. The van der Waals surface area contributed by atoms with Crippen LogP contribution in [0.4, 0.5) is 5.82 Å². The van der Waals surface area contributed by atoms with E-state index in [1.165, 1.54) is 5.56 Å². The fourth-order valence-corrected chi connectivity index (χ4v) is 2.18. The summed E-state index contributed by atoms with van der Waals surface area (Å²) in [5.74, 6) is 0.589. The summed E-state index contributed by atoms with van der Waals surface area (Å²) in [5.41, 5.74) is 3.58. The second kappa shape index (κ2) is 6.95. The van der Waals surface area contributed by atoms with Gasteiger partial charge in [0.2, 0.25) is 5.82 Å². The van der Waals surface area contributed by atoms with Crippen molar-refractivity contribution in [1.82, 2.24) is 10.3 Å². The first kappa shape index (κ1) is 15.7. The smallest absolute Gasteiger partial charge is 0.263 e. The Morgan fingerprint density at radius 2 is 1.88 bits per heavy atom. The molecule has 0 aliphatic heterocycles. The Kier molecular flexibility index (Phi) is 4.56. The van der Waals surface area contributed by atoms with Crippen molar-refractivity contribution < 1.29 is 14.2 Å². The van der Waals surface area contributed by atoms with Gasteiger partial charge < -0.3 is 10.1 Å². The summed E-state index contributed by atoms with van der Waals surface area (Å²) >= 11 is 0. The van der Waals surface area contributed by atoms with Crippen LogP contribution in [-0.4, -0.2) is 22.8 Å². The number of amides is 1. The Hall–Kier alpha value is -3.15. The summed E-state index contributed by atoms with van der Waals surface area (Å²) in [7, 11) is 0. The van der Waals surface area contributed by atoms with Gasteiger partial charge in [0.05, 0.1) is 0 Å². The summed E-state index contributed by atoms with van der Waals surface area (Å²) in [6, 6.07) is 15.1. The van der Waals surface area contributed by atoms with Crippen LogP contribution in [0.3, 0.4) is 0 Å². The van der Waals surface area contributed by atoms with Crippen molar-refractivity contribution in [3.05, 3.63) is 59.7 Å². The molecular weight excluding hydrogens is 306 g/mol. The van der Waals surface area contributed by atoms with E-state index in [1.807, 2.05) is 62.4 Å². The van der Waals surface area contributed by atoms with Gasteiger partial charge in [-0.3, -0.25) is 4.79 Å². The highest BCUT2D eigenvalue weighted by molar-refractivity contribution is 5.94. The fourth-order valence-electron chi connectivity index (χ4n) is 2.18. The van der Waals surface area contributed by atoms with Crippen molar-refractivity contribution in [3.8, 4) is 17.0 Å². The lowest BCUT2D eigenvalue weighted by Crippen LogP contribution is -2.20. The van der Waals surface area contributed by atoms with E-state index in [1.54, 1.807) is 0 Å². The minimum atomic E-state index is -0.332. The number of nitrogens with one attached hydrogen (secondary N) is 1. The molecule has 3 rings (SSSR count). The Bertz CT molecular complexity index is 844. The molecule has 1 aromatic heterocycles. The van der Waals surface area contributed by atoms with Crippen LogP contribution in [0.1, 0.15) is 11.1 Å². The van der Waals surface area contributed by atoms with Gasteiger partial charge in [-0.25, -0.2) is 4.63 Å². The predicted molar refractivity (Wildman–Crippen MR) is 89.8 cm³/mol. The van der Waals surface area contributed by atoms with Gasteiger partial charge >= 0.3 is 0 Å². The molecule has 3 aromatic rings. The van der Waals surface area contributed by atoms with E-state index < -0.39 is 0 Å². The number of aryl methyl sites for hydroxylation is 2. The third-order valence-electron chi connectivity index (χ3n) is 3.64. The molecule has 0 spiro atoms. The van der Waals surface area contributed by atoms with Crippen molar-refractivity contribution in [2.24, 2.45) is 0 Å². The van der Waals surface area contributed by atoms with Crippen LogP contribution in [-0.2, 0) is 4.79 Å². The number of rotatable bonds is 5. The number of carbonyl (C=O) groups is 1. The largest absolute Gasteiger partial charge is 0.484 e. The predicted octanol–water partition coefficient (Wildman–Crippen LogP) is 3.37. The maximum atomic E-state index is 12.1. The lowest BCUT2D eigenvalue weighted by molar-refractivity contribution is -0.118. The van der Waals surface area contributed by atoms with Gasteiger partial charge in [-0.05, 0) is 47.4 Å². The van der Waals surface area contributed by atoms with Crippen molar-refractivity contribution in [2.45, 2.75) is 13.8 Å². The number of carbonyl (C=O) groups excluding carboxylic acids is 1. The first-order valence-electron chi connectivity index (χ1n) is 7.51. The topological polar surface area (TPSA) is 77.2 Å². The summed E-state index contributed by atoms with van der Waals surface area (Å²) in [4.78, 5) is 12.1. The Labute approximate surface area is 139 Å². The summed E-state index contributed by atoms with van der Waals surface area (Å²) in [5, 5.41) is 10.2. The van der Waals surface area contributed by atoms with Gasteiger partial charge in [0.1, 0.15) is 5.75 Å². The number of anilines is 1. The van der Waals surface area contributed by atoms with E-state index in [4.69, 9.17) is 9.37 Å². The van der Waals surface area contributed by atoms with Crippen LogP contribution in [0.5, 0.6) is 5.75 Å². The zero-order valence-corrected chi connectivity index (χ0v) is 13.4. The Morgan fingerprint density at radius 3 is 2.62 bits per heavy atom. The summed E-state index contributed by atoms with van der Waals surface area (Å²) in [6.45, 7) is 3.90. The maximum Gasteiger partial charge on any atom is 0.263 e. The average molecular weight is 323 g/mol. The van der Waals surface area contributed by atoms with Crippen LogP contribution in [0.25, 0.3) is 11.3 Å². The molecule has 0 aliphatic rings. The maximum absolute atomic E-state index is 12.1. The molecule has 6 heteroatoms. The highest BCUT2D eigenvalue weighted by Crippen LogP contribution is 2.23. The molecule has 0 bridgehead atoms. The highest BCUT2D eigenvalue weighted by atomic mass is 16.6. The first-order valence-corrected chi connectivity index (χ1v) is 7.51. The number of hydrogen-bond donors (Lipinski definition) is 1. The van der Waals surface area contributed by atoms with Crippen molar-refractivity contribution >= 4 is 11.7 Å². The minimum absolute atomic E-state index is 0.121. The number of aromatic nitrogens is 2. The quantitative estimate of drug-likeness (QED) is 0.779. The SMILES string of the molecule is Cc1ccc(OCC(=O)Nc2nonc2-c2ccccc2)cc1C. The highest BCUT2D eigenvalue weighted by Gasteiger charge is 2.15. The second-order valence-corrected chi connectivity index (χ2v) is 5.41. The van der Waals surface area contributed by atoms with Crippen LogP contribution in [0, 0.1) is 13.8 Å². The van der Waals surface area contributed by atoms with E-state index in [0.29, 0.717) is 11.4 Å². The van der Waals surface area contributed by atoms with Gasteiger partial charge in [-0.1, -0.05) is 36.4 Å². The molecule has 0 fully saturated rings. The van der Waals surface area contributed by atoms with Gasteiger partial charge in [0, 0.05) is 5.56 Å². The average Bonchev–Trinajstić information content (AvgIpc) is 3.05. The second-order valence-electron chi connectivity index (χ2n) is 5.41. The van der Waals surface area contributed by atoms with Crippen LogP contribution in [0.2, 0.25) is 0 Å². The molecule has 0 saturated heterocycles. The zero-order valence-electron chi connectivity index (χ0n) is 13.4. The third-order valence-corrected chi connectivity index (χ3v) is 3.64. The molecule has 0 atom stereocenters. The molecule has 1 amide bonds. The minimum Gasteiger partial charge on any atom is -0.484 e. The van der Waals surface area contributed by atoms with E-state index in [0.717, 1.165) is 11.1 Å². The number of hydrogen-bond acceptors (Lipinski definition) is 5. The van der Waals surface area contributed by atoms with Crippen molar-refractivity contribution in [2.75, 3.05) is 11.9 Å². The monoisotopic (exact) mass is 323 g/mol. The summed E-state index contributed by atoms with van der Waals surface area (Å²) in [6.07, 6.45) is 0. The fraction of sp³-hybridized carbons (Fsp3) is 0.167. The van der Waals surface area contributed by atoms with Crippen LogP contribution < -0.4 is 10.1 Å². The van der Waals surface area contributed by atoms with E-state index in [9.17, 15) is 4.79 Å². The van der Waals surface area contributed by atoms with Crippen molar-refractivity contribution in [3.63, 3.8) is 0 Å². The molecule has 2 aromatic carbocycles. The molecule has 0 aliphatic carbocycles. The lowest BCUT2D eigenvalue weighted by atomic mass is 10.1. The zero-order chi connectivity index (χ0) is 16.9. The molecular formula is C18H17N3O3. The van der Waals surface area contributed by atoms with Crippen LogP contribution >= 0.6 is 0 Å².